The van der Waals surface area contributed by atoms with Crippen LogP contribution in [-0.4, -0.2) is 15.0 Å². The topological polar surface area (TPSA) is 41.6 Å². The summed E-state index contributed by atoms with van der Waals surface area (Å²) in [4.78, 5) is 11.9. The van der Waals surface area contributed by atoms with E-state index >= 15 is 0 Å². The molecule has 5 heteroatoms. The van der Waals surface area contributed by atoms with Crippen molar-refractivity contribution in [1.29, 1.82) is 0 Å². The van der Waals surface area contributed by atoms with Gasteiger partial charge in [-0.3, -0.25) is 0 Å². The van der Waals surface area contributed by atoms with E-state index in [1.54, 1.807) is 17.5 Å². The van der Waals surface area contributed by atoms with Gasteiger partial charge in [0.05, 0.1) is 5.52 Å². The van der Waals surface area contributed by atoms with E-state index < -0.39 is 0 Å². The van der Waals surface area contributed by atoms with Gasteiger partial charge in [-0.05, 0) is 33.4 Å². The second-order valence-corrected chi connectivity index (χ2v) is 4.82. The van der Waals surface area contributed by atoms with Gasteiger partial charge in [-0.2, -0.15) is 11.3 Å². The Labute approximate surface area is 98.3 Å². The van der Waals surface area contributed by atoms with E-state index in [1.807, 2.05) is 17.5 Å². The van der Waals surface area contributed by atoms with Crippen LogP contribution in [0, 0.1) is 0 Å². The Morgan fingerprint density at radius 1 is 1.40 bits per heavy atom. The van der Waals surface area contributed by atoms with Crippen LogP contribution in [0.4, 0.5) is 0 Å². The molecule has 0 aliphatic rings. The first kappa shape index (κ1) is 9.06. The molecule has 0 unspecified atom stereocenters. The molecule has 3 rings (SSSR count). The fourth-order valence-corrected chi connectivity index (χ4v) is 2.38. The molecular formula is C10H6BrN3S. The average Bonchev–Trinajstić information content (AvgIpc) is 2.84. The van der Waals surface area contributed by atoms with Gasteiger partial charge in [0.25, 0.3) is 0 Å². The summed E-state index contributed by atoms with van der Waals surface area (Å²) in [6.45, 7) is 0. The zero-order valence-electron chi connectivity index (χ0n) is 7.57. The van der Waals surface area contributed by atoms with Crippen molar-refractivity contribution in [2.45, 2.75) is 0 Å². The van der Waals surface area contributed by atoms with Crippen molar-refractivity contribution in [3.8, 4) is 11.4 Å². The summed E-state index contributed by atoms with van der Waals surface area (Å²) in [6, 6.07) is 4.02. The third kappa shape index (κ3) is 1.57. The lowest BCUT2D eigenvalue weighted by molar-refractivity contribution is 1.30. The third-order valence-corrected chi connectivity index (χ3v) is 3.22. The van der Waals surface area contributed by atoms with Gasteiger partial charge in [-0.25, -0.2) is 9.97 Å². The number of fused-ring (bicyclic) bond motifs is 1. The Morgan fingerprint density at radius 3 is 3.13 bits per heavy atom. The summed E-state index contributed by atoms with van der Waals surface area (Å²) in [5, 5.41) is 4.10. The maximum Gasteiger partial charge on any atom is 0.178 e. The molecule has 0 amide bonds. The minimum Gasteiger partial charge on any atom is -0.337 e. The molecule has 0 spiro atoms. The fraction of sp³-hybridized carbons (Fsp3) is 0. The largest absolute Gasteiger partial charge is 0.337 e. The van der Waals surface area contributed by atoms with Gasteiger partial charge in [-0.1, -0.05) is 0 Å². The quantitative estimate of drug-likeness (QED) is 0.741. The first-order chi connectivity index (χ1) is 7.33. The van der Waals surface area contributed by atoms with E-state index in [4.69, 9.17) is 0 Å². The van der Waals surface area contributed by atoms with Crippen molar-refractivity contribution in [2.75, 3.05) is 0 Å². The summed E-state index contributed by atoms with van der Waals surface area (Å²) in [5.74, 6) is 0.872. The Morgan fingerprint density at radius 2 is 2.33 bits per heavy atom. The zero-order valence-corrected chi connectivity index (χ0v) is 9.97. The number of pyridine rings is 1. The SMILES string of the molecule is Brc1cnc2nc(-c3ccsc3)[nH]c2c1. The van der Waals surface area contributed by atoms with E-state index in [1.165, 1.54) is 0 Å². The monoisotopic (exact) mass is 279 g/mol. The molecule has 3 aromatic rings. The summed E-state index contributed by atoms with van der Waals surface area (Å²) in [7, 11) is 0. The first-order valence-electron chi connectivity index (χ1n) is 4.37. The van der Waals surface area contributed by atoms with Gasteiger partial charge in [0.2, 0.25) is 0 Å². The van der Waals surface area contributed by atoms with Crippen molar-refractivity contribution in [2.24, 2.45) is 0 Å². The molecule has 0 radical (unpaired) electrons. The number of imidazole rings is 1. The summed E-state index contributed by atoms with van der Waals surface area (Å²) >= 11 is 5.04. The molecule has 0 aliphatic carbocycles. The third-order valence-electron chi connectivity index (χ3n) is 2.10. The van der Waals surface area contributed by atoms with Crippen molar-refractivity contribution in [3.63, 3.8) is 0 Å². The van der Waals surface area contributed by atoms with Crippen molar-refractivity contribution < 1.29 is 0 Å². The number of H-pyrrole nitrogens is 1. The number of halogens is 1. The van der Waals surface area contributed by atoms with Crippen molar-refractivity contribution >= 4 is 38.4 Å². The highest BCUT2D eigenvalue weighted by molar-refractivity contribution is 9.10. The molecule has 0 saturated heterocycles. The highest BCUT2D eigenvalue weighted by atomic mass is 79.9. The summed E-state index contributed by atoms with van der Waals surface area (Å²) < 4.78 is 0.954. The van der Waals surface area contributed by atoms with Gasteiger partial charge in [-0.15, -0.1) is 0 Å². The number of rotatable bonds is 1. The van der Waals surface area contributed by atoms with Crippen molar-refractivity contribution in [1.82, 2.24) is 15.0 Å². The lowest BCUT2D eigenvalue weighted by atomic mass is 10.3. The van der Waals surface area contributed by atoms with Gasteiger partial charge >= 0.3 is 0 Å². The van der Waals surface area contributed by atoms with Gasteiger partial charge in [0.15, 0.2) is 5.65 Å². The highest BCUT2D eigenvalue weighted by Crippen LogP contribution is 2.22. The van der Waals surface area contributed by atoms with Gasteiger partial charge in [0, 0.05) is 21.6 Å². The van der Waals surface area contributed by atoms with E-state index in [9.17, 15) is 0 Å². The van der Waals surface area contributed by atoms with Crippen LogP contribution in [-0.2, 0) is 0 Å². The van der Waals surface area contributed by atoms with Crippen LogP contribution in [0.15, 0.2) is 33.6 Å². The van der Waals surface area contributed by atoms with Crippen LogP contribution in [0.5, 0.6) is 0 Å². The number of aromatic nitrogens is 3. The van der Waals surface area contributed by atoms with Crippen LogP contribution in [0.3, 0.4) is 0 Å². The molecular weight excluding hydrogens is 274 g/mol. The second-order valence-electron chi connectivity index (χ2n) is 3.12. The highest BCUT2D eigenvalue weighted by Gasteiger charge is 2.06. The molecule has 0 bridgehead atoms. The van der Waals surface area contributed by atoms with E-state index in [2.05, 4.69) is 36.3 Å². The fourth-order valence-electron chi connectivity index (χ4n) is 1.41. The molecule has 74 valence electrons. The minimum atomic E-state index is 0.749. The smallest absolute Gasteiger partial charge is 0.178 e. The molecule has 3 aromatic heterocycles. The van der Waals surface area contributed by atoms with Crippen molar-refractivity contribution in [3.05, 3.63) is 33.6 Å². The first-order valence-corrected chi connectivity index (χ1v) is 6.10. The summed E-state index contributed by atoms with van der Waals surface area (Å²) in [5.41, 5.74) is 2.80. The Balaban J connectivity index is 2.22. The normalized spacial score (nSPS) is 11.0. The van der Waals surface area contributed by atoms with E-state index in [0.29, 0.717) is 0 Å². The zero-order chi connectivity index (χ0) is 10.3. The Bertz CT molecular complexity index is 600. The predicted octanol–water partition coefficient (Wildman–Crippen LogP) is 3.45. The maximum absolute atomic E-state index is 4.42. The minimum absolute atomic E-state index is 0.749. The Kier molecular flexibility index (Phi) is 2.07. The predicted molar refractivity (Wildman–Crippen MR) is 64.9 cm³/mol. The Hall–Kier alpha value is -1.20. The number of hydrogen-bond acceptors (Lipinski definition) is 3. The van der Waals surface area contributed by atoms with Crippen LogP contribution in [0.2, 0.25) is 0 Å². The number of hydrogen-bond donors (Lipinski definition) is 1. The molecule has 0 fully saturated rings. The molecule has 0 saturated carbocycles. The lowest BCUT2D eigenvalue weighted by Crippen LogP contribution is -1.75. The van der Waals surface area contributed by atoms with Crippen LogP contribution < -0.4 is 0 Å². The number of nitrogens with one attached hydrogen (secondary N) is 1. The van der Waals surface area contributed by atoms with Crippen LogP contribution >= 0.6 is 27.3 Å². The number of aromatic amines is 1. The lowest BCUT2D eigenvalue weighted by Gasteiger charge is -1.87. The van der Waals surface area contributed by atoms with Crippen LogP contribution in [0.25, 0.3) is 22.6 Å². The van der Waals surface area contributed by atoms with Gasteiger partial charge < -0.3 is 4.98 Å². The van der Waals surface area contributed by atoms with Crippen LogP contribution in [0.1, 0.15) is 0 Å². The molecule has 0 atom stereocenters. The number of nitrogens with zero attached hydrogens (tertiary/aromatic N) is 2. The molecule has 15 heavy (non-hydrogen) atoms. The molecule has 0 aliphatic heterocycles. The second kappa shape index (κ2) is 3.43. The average molecular weight is 280 g/mol. The molecule has 0 aromatic carbocycles. The molecule has 1 N–H and O–H groups in total. The maximum atomic E-state index is 4.42. The van der Waals surface area contributed by atoms with E-state index in [0.717, 1.165) is 27.0 Å². The van der Waals surface area contributed by atoms with Gasteiger partial charge in [0.1, 0.15) is 5.82 Å². The standard InChI is InChI=1S/C10H6BrN3S/c11-7-3-8-10(12-4-7)14-9(13-8)6-1-2-15-5-6/h1-5H,(H,12,13,14). The molecule has 3 nitrogen and oxygen atoms in total. The summed E-state index contributed by atoms with van der Waals surface area (Å²) in [6.07, 6.45) is 1.75. The number of thiophene rings is 1. The van der Waals surface area contributed by atoms with E-state index in [-0.39, 0.29) is 0 Å². The molecule has 3 heterocycles.